The lowest BCUT2D eigenvalue weighted by Crippen LogP contribution is -2.29. The van der Waals surface area contributed by atoms with E-state index in [1.54, 1.807) is 14.2 Å². The van der Waals surface area contributed by atoms with Gasteiger partial charge in [0.25, 0.3) is 0 Å². The van der Waals surface area contributed by atoms with E-state index >= 15 is 0 Å². The molecule has 2 fully saturated rings. The highest BCUT2D eigenvalue weighted by Gasteiger charge is 2.43. The van der Waals surface area contributed by atoms with Gasteiger partial charge in [-0.2, -0.15) is 0 Å². The summed E-state index contributed by atoms with van der Waals surface area (Å²) in [6, 6.07) is 0. The van der Waals surface area contributed by atoms with Gasteiger partial charge >= 0.3 is 0 Å². The number of allylic oxidation sites excluding steroid dienone is 2. The van der Waals surface area contributed by atoms with Crippen molar-refractivity contribution in [2.24, 2.45) is 23.7 Å². The number of hydrogen-bond donors (Lipinski definition) is 1. The van der Waals surface area contributed by atoms with Gasteiger partial charge in [0.05, 0.1) is 14.2 Å². The molecule has 3 atom stereocenters. The molecule has 1 N–H and O–H groups in total. The molecule has 3 unspecified atom stereocenters. The number of ketones is 1. The molecule has 116 valence electrons. The van der Waals surface area contributed by atoms with Gasteiger partial charge in [-0.05, 0) is 62.8 Å². The van der Waals surface area contributed by atoms with Crippen LogP contribution in [0.15, 0.2) is 23.7 Å². The summed E-state index contributed by atoms with van der Waals surface area (Å²) < 4.78 is 10.7. The van der Waals surface area contributed by atoms with Gasteiger partial charge in [-0.15, -0.1) is 0 Å². The molecule has 4 nitrogen and oxygen atoms in total. The fourth-order valence-corrected chi connectivity index (χ4v) is 4.04. The van der Waals surface area contributed by atoms with Gasteiger partial charge in [-0.3, -0.25) is 4.79 Å². The molecule has 3 rings (SSSR count). The van der Waals surface area contributed by atoms with Gasteiger partial charge in [-0.1, -0.05) is 0 Å². The zero-order valence-corrected chi connectivity index (χ0v) is 12.9. The SMILES string of the molecule is COC1=CC2CC(CC3CCNCC3)C(=O)C2C=C1OC. The molecule has 0 aromatic rings. The highest BCUT2D eigenvalue weighted by Crippen LogP contribution is 2.43. The van der Waals surface area contributed by atoms with Crippen molar-refractivity contribution in [3.8, 4) is 0 Å². The van der Waals surface area contributed by atoms with Crippen LogP contribution in [0.25, 0.3) is 0 Å². The van der Waals surface area contributed by atoms with Crippen molar-refractivity contribution in [1.82, 2.24) is 5.32 Å². The van der Waals surface area contributed by atoms with Crippen molar-refractivity contribution < 1.29 is 14.3 Å². The number of hydrogen-bond acceptors (Lipinski definition) is 4. The predicted molar refractivity (Wildman–Crippen MR) is 80.5 cm³/mol. The Kier molecular flexibility index (Phi) is 4.34. The van der Waals surface area contributed by atoms with Gasteiger partial charge < -0.3 is 14.8 Å². The standard InChI is InChI=1S/C17H25NO3/c1-20-15-9-12-8-13(7-11-3-5-18-6-4-11)17(19)14(12)10-16(15)21-2/h9-14,18H,3-8H2,1-2H3. The van der Waals surface area contributed by atoms with Crippen LogP contribution < -0.4 is 5.32 Å². The maximum atomic E-state index is 12.7. The topological polar surface area (TPSA) is 47.6 Å². The quantitative estimate of drug-likeness (QED) is 0.863. The Bertz CT molecular complexity index is 463. The number of fused-ring (bicyclic) bond motifs is 1. The Hall–Kier alpha value is -1.29. The molecule has 0 radical (unpaired) electrons. The van der Waals surface area contributed by atoms with Crippen LogP contribution in [0, 0.1) is 23.7 Å². The minimum atomic E-state index is -0.00874. The second kappa shape index (κ2) is 6.22. The highest BCUT2D eigenvalue weighted by molar-refractivity contribution is 5.88. The van der Waals surface area contributed by atoms with E-state index in [9.17, 15) is 4.79 Å². The lowest BCUT2D eigenvalue weighted by molar-refractivity contribution is -0.123. The summed E-state index contributed by atoms with van der Waals surface area (Å²) in [5.41, 5.74) is 0. The van der Waals surface area contributed by atoms with E-state index in [1.807, 2.05) is 6.08 Å². The smallest absolute Gasteiger partial charge is 0.157 e. The molecule has 1 aliphatic heterocycles. The third kappa shape index (κ3) is 2.86. The summed E-state index contributed by atoms with van der Waals surface area (Å²) in [4.78, 5) is 12.7. The fraction of sp³-hybridized carbons (Fsp3) is 0.706. The minimum absolute atomic E-state index is 0.00874. The second-order valence-electron chi connectivity index (χ2n) is 6.42. The molecule has 0 bridgehead atoms. The molecule has 2 aliphatic carbocycles. The maximum Gasteiger partial charge on any atom is 0.157 e. The first-order chi connectivity index (χ1) is 10.2. The molecular weight excluding hydrogens is 266 g/mol. The zero-order chi connectivity index (χ0) is 14.8. The summed E-state index contributed by atoms with van der Waals surface area (Å²) in [5, 5.41) is 3.39. The van der Waals surface area contributed by atoms with E-state index in [0.29, 0.717) is 17.5 Å². The predicted octanol–water partition coefficient (Wildman–Crippen LogP) is 2.27. The van der Waals surface area contributed by atoms with Crippen LogP contribution >= 0.6 is 0 Å². The molecular formula is C17H25NO3. The fourth-order valence-electron chi connectivity index (χ4n) is 4.04. The van der Waals surface area contributed by atoms with Crippen molar-refractivity contribution in [3.63, 3.8) is 0 Å². The van der Waals surface area contributed by atoms with Gasteiger partial charge in [0.15, 0.2) is 11.5 Å². The Morgan fingerprint density at radius 1 is 1.14 bits per heavy atom. The van der Waals surface area contributed by atoms with Crippen molar-refractivity contribution >= 4 is 5.78 Å². The third-order valence-electron chi connectivity index (χ3n) is 5.20. The average molecular weight is 291 g/mol. The molecule has 3 aliphatic rings. The van der Waals surface area contributed by atoms with E-state index in [1.165, 1.54) is 12.8 Å². The first kappa shape index (κ1) is 14.6. The minimum Gasteiger partial charge on any atom is -0.493 e. The van der Waals surface area contributed by atoms with Crippen LogP contribution in [-0.2, 0) is 14.3 Å². The number of methoxy groups -OCH3 is 2. The monoisotopic (exact) mass is 291 g/mol. The van der Waals surface area contributed by atoms with Crippen molar-refractivity contribution in [2.45, 2.75) is 25.7 Å². The normalized spacial score (nSPS) is 33.2. The van der Waals surface area contributed by atoms with Crippen LogP contribution in [0.2, 0.25) is 0 Å². The van der Waals surface area contributed by atoms with Crippen LogP contribution in [-0.4, -0.2) is 33.1 Å². The van der Waals surface area contributed by atoms with Crippen LogP contribution in [0.4, 0.5) is 0 Å². The van der Waals surface area contributed by atoms with Crippen molar-refractivity contribution in [3.05, 3.63) is 23.7 Å². The number of Topliss-reactive ketones (excluding diaryl/α,β-unsaturated/α-hetero) is 1. The van der Waals surface area contributed by atoms with Crippen LogP contribution in [0.1, 0.15) is 25.7 Å². The Balaban J connectivity index is 1.70. The molecule has 1 heterocycles. The zero-order valence-electron chi connectivity index (χ0n) is 12.9. The summed E-state index contributed by atoms with van der Waals surface area (Å²) >= 11 is 0. The Morgan fingerprint density at radius 2 is 1.81 bits per heavy atom. The molecule has 4 heteroatoms. The molecule has 1 saturated heterocycles. The average Bonchev–Trinajstić information content (AvgIpc) is 2.82. The van der Waals surface area contributed by atoms with Crippen LogP contribution in [0.3, 0.4) is 0 Å². The van der Waals surface area contributed by atoms with E-state index in [4.69, 9.17) is 9.47 Å². The van der Waals surface area contributed by atoms with Crippen LogP contribution in [0.5, 0.6) is 0 Å². The summed E-state index contributed by atoms with van der Waals surface area (Å²) in [5.74, 6) is 3.08. The molecule has 1 saturated carbocycles. The van der Waals surface area contributed by atoms with Gasteiger partial charge in [-0.25, -0.2) is 0 Å². The number of carbonyl (C=O) groups excluding carboxylic acids is 1. The molecule has 21 heavy (non-hydrogen) atoms. The highest BCUT2D eigenvalue weighted by atomic mass is 16.5. The van der Waals surface area contributed by atoms with E-state index in [0.717, 1.165) is 31.7 Å². The number of ether oxygens (including phenoxy) is 2. The lowest BCUT2D eigenvalue weighted by atomic mass is 9.86. The third-order valence-corrected chi connectivity index (χ3v) is 5.20. The van der Waals surface area contributed by atoms with Gasteiger partial charge in [0.1, 0.15) is 5.78 Å². The van der Waals surface area contributed by atoms with Crippen molar-refractivity contribution in [2.75, 3.05) is 27.3 Å². The largest absolute Gasteiger partial charge is 0.493 e. The number of rotatable bonds is 4. The molecule has 0 amide bonds. The second-order valence-corrected chi connectivity index (χ2v) is 6.42. The Labute approximate surface area is 126 Å². The Morgan fingerprint density at radius 3 is 2.48 bits per heavy atom. The lowest BCUT2D eigenvalue weighted by Gasteiger charge is -2.24. The molecule has 0 aromatic carbocycles. The number of piperidine rings is 1. The summed E-state index contributed by atoms with van der Waals surface area (Å²) in [6.45, 7) is 2.19. The van der Waals surface area contributed by atoms with Crippen molar-refractivity contribution in [1.29, 1.82) is 0 Å². The first-order valence-electron chi connectivity index (χ1n) is 7.99. The van der Waals surface area contributed by atoms with E-state index in [2.05, 4.69) is 11.4 Å². The number of nitrogens with one attached hydrogen (secondary N) is 1. The molecule has 0 spiro atoms. The maximum absolute atomic E-state index is 12.7. The van der Waals surface area contributed by atoms with Gasteiger partial charge in [0.2, 0.25) is 0 Å². The van der Waals surface area contributed by atoms with E-state index < -0.39 is 0 Å². The number of carbonyl (C=O) groups is 1. The van der Waals surface area contributed by atoms with E-state index in [-0.39, 0.29) is 17.8 Å². The summed E-state index contributed by atoms with van der Waals surface area (Å²) in [7, 11) is 3.28. The molecule has 0 aromatic heterocycles. The first-order valence-corrected chi connectivity index (χ1v) is 7.99. The van der Waals surface area contributed by atoms with Gasteiger partial charge in [0, 0.05) is 11.8 Å². The summed E-state index contributed by atoms with van der Waals surface area (Å²) in [6.07, 6.45) is 8.49.